The van der Waals surface area contributed by atoms with Gasteiger partial charge in [0.2, 0.25) is 0 Å². The predicted octanol–water partition coefficient (Wildman–Crippen LogP) is 4.80. The van der Waals surface area contributed by atoms with Gasteiger partial charge >= 0.3 is 0 Å². The average Bonchev–Trinajstić information content (AvgIpc) is 2.88. The van der Waals surface area contributed by atoms with E-state index in [4.69, 9.17) is 14.2 Å². The number of carbonyl (C=O) groups is 2. The lowest BCUT2D eigenvalue weighted by Gasteiger charge is -2.13. The first kappa shape index (κ1) is 25.8. The van der Waals surface area contributed by atoms with E-state index in [0.29, 0.717) is 40.8 Å². The number of hydrogen-bond acceptors (Lipinski definition) is 6. The number of hydrogen-bond donors (Lipinski definition) is 2. The van der Waals surface area contributed by atoms with Gasteiger partial charge in [-0.2, -0.15) is 5.26 Å². The first-order valence-corrected chi connectivity index (χ1v) is 10.9. The fourth-order valence-corrected chi connectivity index (χ4v) is 3.06. The fourth-order valence-electron chi connectivity index (χ4n) is 3.06. The Hall–Kier alpha value is -4.84. The van der Waals surface area contributed by atoms with E-state index in [0.717, 1.165) is 0 Å². The summed E-state index contributed by atoms with van der Waals surface area (Å²) in [4.78, 5) is 24.8. The monoisotopic (exact) mass is 489 g/mol. The van der Waals surface area contributed by atoms with E-state index in [1.807, 2.05) is 6.07 Å². The summed E-state index contributed by atoms with van der Waals surface area (Å²) in [5.74, 6) is -0.119. The van der Waals surface area contributed by atoms with Crippen LogP contribution in [-0.2, 0) is 9.59 Å². The number of methoxy groups -OCH3 is 1. The minimum atomic E-state index is -0.571. The molecule has 0 atom stereocenters. The second-order valence-electron chi connectivity index (χ2n) is 7.34. The van der Waals surface area contributed by atoms with E-state index in [1.54, 1.807) is 56.5 Å². The van der Waals surface area contributed by atoms with E-state index in [2.05, 4.69) is 10.6 Å². The average molecular weight is 490 g/mol. The van der Waals surface area contributed by atoms with Gasteiger partial charge in [0.1, 0.15) is 23.2 Å². The van der Waals surface area contributed by atoms with Crippen molar-refractivity contribution in [2.24, 2.45) is 0 Å². The molecule has 9 heteroatoms. The molecular formula is C27H24FN3O5. The van der Waals surface area contributed by atoms with Crippen LogP contribution in [-0.4, -0.2) is 32.1 Å². The molecular weight excluding hydrogens is 465 g/mol. The summed E-state index contributed by atoms with van der Waals surface area (Å²) in [6.45, 7) is 1.81. The molecule has 3 aromatic carbocycles. The maximum absolute atomic E-state index is 13.0. The molecule has 0 aromatic heterocycles. The lowest BCUT2D eigenvalue weighted by molar-refractivity contribution is -0.118. The summed E-state index contributed by atoms with van der Waals surface area (Å²) in [5, 5.41) is 14.8. The summed E-state index contributed by atoms with van der Waals surface area (Å²) in [6.07, 6.45) is 1.42. The van der Waals surface area contributed by atoms with E-state index in [9.17, 15) is 19.2 Å². The van der Waals surface area contributed by atoms with Crippen LogP contribution in [0.15, 0.2) is 72.3 Å². The Kier molecular flexibility index (Phi) is 9.00. The van der Waals surface area contributed by atoms with Gasteiger partial charge in [0, 0.05) is 11.4 Å². The molecule has 0 bridgehead atoms. The number of nitrogens with zero attached hydrogens (tertiary/aromatic N) is 1. The van der Waals surface area contributed by atoms with Crippen molar-refractivity contribution >= 4 is 29.3 Å². The molecule has 0 saturated heterocycles. The third kappa shape index (κ3) is 7.33. The molecule has 2 amide bonds. The van der Waals surface area contributed by atoms with Gasteiger partial charge in [-0.15, -0.1) is 0 Å². The molecule has 184 valence electrons. The number of rotatable bonds is 10. The first-order chi connectivity index (χ1) is 17.4. The predicted molar refractivity (Wildman–Crippen MR) is 133 cm³/mol. The van der Waals surface area contributed by atoms with Gasteiger partial charge in [-0.25, -0.2) is 4.39 Å². The number of carbonyl (C=O) groups excluding carboxylic acids is 2. The molecule has 0 unspecified atom stereocenters. The van der Waals surface area contributed by atoms with Gasteiger partial charge in [-0.05, 0) is 79.2 Å². The lowest BCUT2D eigenvalue weighted by Crippen LogP contribution is -2.20. The Bertz CT molecular complexity index is 1280. The first-order valence-electron chi connectivity index (χ1n) is 10.9. The normalized spacial score (nSPS) is 10.7. The Morgan fingerprint density at radius 3 is 2.25 bits per heavy atom. The molecule has 36 heavy (non-hydrogen) atoms. The highest BCUT2D eigenvalue weighted by molar-refractivity contribution is 6.09. The zero-order valence-electron chi connectivity index (χ0n) is 19.7. The van der Waals surface area contributed by atoms with Crippen LogP contribution >= 0.6 is 0 Å². The van der Waals surface area contributed by atoms with E-state index < -0.39 is 17.6 Å². The molecule has 0 heterocycles. The van der Waals surface area contributed by atoms with Gasteiger partial charge in [-0.1, -0.05) is 6.07 Å². The number of benzene rings is 3. The van der Waals surface area contributed by atoms with Crippen molar-refractivity contribution in [1.29, 1.82) is 5.26 Å². The highest BCUT2D eigenvalue weighted by Crippen LogP contribution is 2.29. The van der Waals surface area contributed by atoms with E-state index >= 15 is 0 Å². The number of ether oxygens (including phenoxy) is 3. The highest BCUT2D eigenvalue weighted by atomic mass is 19.1. The highest BCUT2D eigenvalue weighted by Gasteiger charge is 2.13. The molecule has 0 spiro atoms. The number of nitriles is 1. The molecule has 0 aliphatic heterocycles. The summed E-state index contributed by atoms with van der Waals surface area (Å²) in [6, 6.07) is 18.8. The van der Waals surface area contributed by atoms with Crippen LogP contribution in [0.5, 0.6) is 17.2 Å². The van der Waals surface area contributed by atoms with Gasteiger partial charge in [0.25, 0.3) is 11.8 Å². The second kappa shape index (κ2) is 12.6. The molecule has 3 aromatic rings. The van der Waals surface area contributed by atoms with Crippen molar-refractivity contribution in [2.45, 2.75) is 6.92 Å². The molecule has 2 N–H and O–H groups in total. The van der Waals surface area contributed by atoms with Crippen LogP contribution in [0.4, 0.5) is 15.8 Å². The summed E-state index contributed by atoms with van der Waals surface area (Å²) in [5.41, 5.74) is 1.37. The van der Waals surface area contributed by atoms with Crippen LogP contribution in [0.2, 0.25) is 0 Å². The summed E-state index contributed by atoms with van der Waals surface area (Å²) < 4.78 is 29.3. The van der Waals surface area contributed by atoms with Gasteiger partial charge < -0.3 is 24.8 Å². The number of amides is 2. The number of nitrogens with one attached hydrogen (secondary N) is 2. The maximum atomic E-state index is 13.0. The van der Waals surface area contributed by atoms with Crippen LogP contribution in [0, 0.1) is 17.1 Å². The molecule has 0 aliphatic rings. The van der Waals surface area contributed by atoms with Crippen LogP contribution in [0.1, 0.15) is 12.5 Å². The van der Waals surface area contributed by atoms with Crippen molar-refractivity contribution in [3.05, 3.63) is 83.7 Å². The minimum absolute atomic E-state index is 0.111. The Morgan fingerprint density at radius 1 is 0.944 bits per heavy atom. The van der Waals surface area contributed by atoms with Crippen molar-refractivity contribution in [1.82, 2.24) is 0 Å². The van der Waals surface area contributed by atoms with Crippen LogP contribution in [0.3, 0.4) is 0 Å². The standard InChI is InChI=1S/C27H24FN3O5/c1-3-35-25-15-18(14-19(16-29)27(33)31-22-9-11-23(34-2)12-10-22)4-13-24(25)36-17-26(32)30-21-7-5-20(28)6-8-21/h4-15H,3,17H2,1-2H3,(H,30,32)(H,31,33). The molecule has 0 aliphatic carbocycles. The second-order valence-corrected chi connectivity index (χ2v) is 7.34. The van der Waals surface area contributed by atoms with Crippen LogP contribution < -0.4 is 24.8 Å². The largest absolute Gasteiger partial charge is 0.497 e. The summed E-state index contributed by atoms with van der Waals surface area (Å²) >= 11 is 0. The molecule has 3 rings (SSSR count). The maximum Gasteiger partial charge on any atom is 0.266 e. The fraction of sp³-hybridized carbons (Fsp3) is 0.148. The third-order valence-electron chi connectivity index (χ3n) is 4.78. The number of halogens is 1. The Morgan fingerprint density at radius 2 is 1.61 bits per heavy atom. The molecule has 0 fully saturated rings. The lowest BCUT2D eigenvalue weighted by atomic mass is 10.1. The summed E-state index contributed by atoms with van der Waals surface area (Å²) in [7, 11) is 1.54. The molecule has 0 saturated carbocycles. The minimum Gasteiger partial charge on any atom is -0.497 e. The Balaban J connectivity index is 1.69. The quantitative estimate of drug-likeness (QED) is 0.313. The van der Waals surface area contributed by atoms with Gasteiger partial charge in [0.15, 0.2) is 18.1 Å². The van der Waals surface area contributed by atoms with Crippen LogP contribution in [0.25, 0.3) is 6.08 Å². The van der Waals surface area contributed by atoms with Crippen molar-refractivity contribution in [2.75, 3.05) is 31.0 Å². The third-order valence-corrected chi connectivity index (χ3v) is 4.78. The van der Waals surface area contributed by atoms with E-state index in [1.165, 1.54) is 30.3 Å². The Labute approximate surface area is 207 Å². The zero-order valence-corrected chi connectivity index (χ0v) is 19.7. The van der Waals surface area contributed by atoms with Crippen molar-refractivity contribution in [3.8, 4) is 23.3 Å². The molecule has 0 radical (unpaired) electrons. The van der Waals surface area contributed by atoms with Crippen molar-refractivity contribution in [3.63, 3.8) is 0 Å². The zero-order chi connectivity index (χ0) is 25.9. The smallest absolute Gasteiger partial charge is 0.266 e. The van der Waals surface area contributed by atoms with Gasteiger partial charge in [-0.3, -0.25) is 9.59 Å². The molecule has 8 nitrogen and oxygen atoms in total. The SMILES string of the molecule is CCOc1cc(C=C(C#N)C(=O)Nc2ccc(OC)cc2)ccc1OCC(=O)Nc1ccc(F)cc1. The number of anilines is 2. The van der Waals surface area contributed by atoms with E-state index in [-0.39, 0.29) is 12.2 Å². The topological polar surface area (TPSA) is 110 Å². The van der Waals surface area contributed by atoms with Crippen molar-refractivity contribution < 1.29 is 28.2 Å². The van der Waals surface area contributed by atoms with Gasteiger partial charge in [0.05, 0.1) is 13.7 Å².